The Hall–Kier alpha value is -4.54. The van der Waals surface area contributed by atoms with Gasteiger partial charge in [-0.25, -0.2) is 4.79 Å². The van der Waals surface area contributed by atoms with Crippen molar-refractivity contribution in [3.05, 3.63) is 94.2 Å². The predicted octanol–water partition coefficient (Wildman–Crippen LogP) is 5.05. The summed E-state index contributed by atoms with van der Waals surface area (Å²) in [6.07, 6.45) is 1.29. The fourth-order valence-electron chi connectivity index (χ4n) is 5.21. The highest BCUT2D eigenvalue weighted by molar-refractivity contribution is 5.69. The van der Waals surface area contributed by atoms with Crippen molar-refractivity contribution >= 4 is 6.09 Å². The minimum atomic E-state index is -1.76. The number of nitrogens with zero attached hydrogens (tertiary/aromatic N) is 4. The maximum absolute atomic E-state index is 13.0. The van der Waals surface area contributed by atoms with Crippen LogP contribution < -0.4 is 5.73 Å². The molecule has 0 unspecified atom stereocenters. The average molecular weight is 492 g/mol. The largest absolute Gasteiger partial charge is 0.445 e. The minimum Gasteiger partial charge on any atom is -0.445 e. The molecule has 1 aliphatic heterocycles. The van der Waals surface area contributed by atoms with Gasteiger partial charge in [-0.1, -0.05) is 81.4 Å². The van der Waals surface area contributed by atoms with Crippen LogP contribution in [0.3, 0.4) is 0 Å². The highest BCUT2D eigenvalue weighted by atomic mass is 16.6. The second kappa shape index (κ2) is 9.84. The molecule has 0 saturated carbocycles. The zero-order valence-electron chi connectivity index (χ0n) is 21.2. The summed E-state index contributed by atoms with van der Waals surface area (Å²) in [5.74, 6) is -1.16. The third kappa shape index (κ3) is 4.55. The van der Waals surface area contributed by atoms with Gasteiger partial charge in [0.25, 0.3) is 0 Å². The van der Waals surface area contributed by atoms with E-state index in [9.17, 15) is 20.6 Å². The smallest absolute Gasteiger partial charge is 0.410 e. The number of fused-ring (bicyclic) bond motifs is 1. The fraction of sp³-hybridized carbons (Fsp3) is 0.333. The molecule has 0 radical (unpaired) electrons. The second-order valence-electron chi connectivity index (χ2n) is 10.5. The molecule has 0 saturated heterocycles. The SMILES string of the molecule is CC(C)(C)c1ccc([C@H]2[C@H]3CN(C(=O)OCc4ccccc4)CC=C3C(C#N)=C(N)C2(C#N)C#N)cc1. The summed E-state index contributed by atoms with van der Waals surface area (Å²) in [4.78, 5) is 14.5. The molecule has 1 heterocycles. The summed E-state index contributed by atoms with van der Waals surface area (Å²) in [5.41, 5.74) is 8.08. The van der Waals surface area contributed by atoms with Crippen LogP contribution in [0.5, 0.6) is 0 Å². The van der Waals surface area contributed by atoms with E-state index < -0.39 is 23.3 Å². The Morgan fingerprint density at radius 3 is 2.30 bits per heavy atom. The molecule has 2 atom stereocenters. The molecule has 0 spiro atoms. The van der Waals surface area contributed by atoms with Gasteiger partial charge in [0.15, 0.2) is 5.41 Å². The summed E-state index contributed by atoms with van der Waals surface area (Å²) < 4.78 is 5.55. The lowest BCUT2D eigenvalue weighted by atomic mass is 9.58. The molecule has 2 N–H and O–H groups in total. The number of rotatable bonds is 3. The maximum Gasteiger partial charge on any atom is 0.410 e. The van der Waals surface area contributed by atoms with Gasteiger partial charge < -0.3 is 15.4 Å². The molecule has 0 bridgehead atoms. The molecule has 0 fully saturated rings. The summed E-state index contributed by atoms with van der Waals surface area (Å²) in [7, 11) is 0. The first-order valence-electron chi connectivity index (χ1n) is 12.2. The van der Waals surface area contributed by atoms with Crippen LogP contribution in [0.4, 0.5) is 4.79 Å². The van der Waals surface area contributed by atoms with E-state index in [4.69, 9.17) is 10.5 Å². The Kier molecular flexibility index (Phi) is 6.80. The van der Waals surface area contributed by atoms with Crippen molar-refractivity contribution in [3.63, 3.8) is 0 Å². The van der Waals surface area contributed by atoms with Crippen LogP contribution in [0.25, 0.3) is 0 Å². The van der Waals surface area contributed by atoms with Crippen LogP contribution in [0.1, 0.15) is 43.4 Å². The lowest BCUT2D eigenvalue weighted by molar-refractivity contribution is 0.0898. The highest BCUT2D eigenvalue weighted by Gasteiger charge is 2.54. The zero-order valence-corrected chi connectivity index (χ0v) is 21.2. The first kappa shape index (κ1) is 25.5. The fourth-order valence-corrected chi connectivity index (χ4v) is 5.21. The van der Waals surface area contributed by atoms with Crippen LogP contribution in [0.15, 0.2) is 77.5 Å². The Bertz CT molecular complexity index is 1370. The van der Waals surface area contributed by atoms with Gasteiger partial charge in [0, 0.05) is 24.9 Å². The number of nitriles is 3. The molecular weight excluding hydrogens is 462 g/mol. The van der Waals surface area contributed by atoms with E-state index in [2.05, 4.69) is 39.0 Å². The summed E-state index contributed by atoms with van der Waals surface area (Å²) in [5, 5.41) is 30.5. The number of carbonyl (C=O) groups excluding carboxylic acids is 1. The van der Waals surface area contributed by atoms with E-state index in [-0.39, 0.29) is 36.4 Å². The van der Waals surface area contributed by atoms with Gasteiger partial charge in [0.05, 0.1) is 23.4 Å². The second-order valence-corrected chi connectivity index (χ2v) is 10.5. The number of carbonyl (C=O) groups is 1. The lowest BCUT2D eigenvalue weighted by Crippen LogP contribution is -2.49. The Labute approximate surface area is 217 Å². The van der Waals surface area contributed by atoms with E-state index >= 15 is 0 Å². The molecule has 1 aliphatic carbocycles. The number of benzene rings is 2. The van der Waals surface area contributed by atoms with E-state index in [0.717, 1.165) is 16.7 Å². The first-order valence-corrected chi connectivity index (χ1v) is 12.2. The summed E-state index contributed by atoms with van der Waals surface area (Å²) >= 11 is 0. The Balaban J connectivity index is 1.74. The standard InChI is InChI=1S/C30H29N5O2/c1-29(2,3)22-11-9-21(10-12-22)26-25-16-35(28(36)37-17-20-7-5-4-6-8-20)14-13-23(25)24(15-31)27(34)30(26,18-32)19-33/h4-13,25-26H,14,16-17,34H2,1-3H3/t25-,26-/m0/s1. The molecule has 7 nitrogen and oxygen atoms in total. The van der Waals surface area contributed by atoms with Gasteiger partial charge in [0.2, 0.25) is 0 Å². The van der Waals surface area contributed by atoms with E-state index in [1.165, 1.54) is 0 Å². The molecule has 37 heavy (non-hydrogen) atoms. The Morgan fingerprint density at radius 1 is 1.08 bits per heavy atom. The van der Waals surface area contributed by atoms with Gasteiger partial charge in [0.1, 0.15) is 12.7 Å². The number of ether oxygens (including phenoxy) is 1. The topological polar surface area (TPSA) is 127 Å². The van der Waals surface area contributed by atoms with E-state index in [1.807, 2.05) is 54.6 Å². The molecule has 2 aromatic carbocycles. The average Bonchev–Trinajstić information content (AvgIpc) is 2.91. The lowest BCUT2D eigenvalue weighted by Gasteiger charge is -2.45. The van der Waals surface area contributed by atoms with Crippen molar-refractivity contribution < 1.29 is 9.53 Å². The molecule has 186 valence electrons. The summed E-state index contributed by atoms with van der Waals surface area (Å²) in [6.45, 7) is 6.88. The van der Waals surface area contributed by atoms with Crippen molar-refractivity contribution in [1.82, 2.24) is 4.90 Å². The normalized spacial score (nSPS) is 20.5. The van der Waals surface area contributed by atoms with Crippen molar-refractivity contribution in [2.75, 3.05) is 13.1 Å². The first-order chi connectivity index (χ1) is 17.7. The third-order valence-corrected chi connectivity index (χ3v) is 7.26. The van der Waals surface area contributed by atoms with Crippen molar-refractivity contribution in [2.45, 2.75) is 38.7 Å². The van der Waals surface area contributed by atoms with Gasteiger partial charge in [-0.2, -0.15) is 15.8 Å². The molecule has 0 aromatic heterocycles. The van der Waals surface area contributed by atoms with E-state index in [0.29, 0.717) is 5.57 Å². The predicted molar refractivity (Wildman–Crippen MR) is 138 cm³/mol. The van der Waals surface area contributed by atoms with Crippen LogP contribution in [0, 0.1) is 45.3 Å². The number of amides is 1. The van der Waals surface area contributed by atoms with Gasteiger partial charge in [-0.3, -0.25) is 0 Å². The minimum absolute atomic E-state index is 0.0347. The molecule has 4 rings (SSSR count). The third-order valence-electron chi connectivity index (χ3n) is 7.26. The maximum atomic E-state index is 13.0. The van der Waals surface area contributed by atoms with E-state index in [1.54, 1.807) is 11.0 Å². The monoisotopic (exact) mass is 491 g/mol. The highest BCUT2D eigenvalue weighted by Crippen LogP contribution is 2.54. The molecule has 2 aromatic rings. The quantitative estimate of drug-likeness (QED) is 0.640. The number of allylic oxidation sites excluding steroid dienone is 2. The molecule has 2 aliphatic rings. The molecule has 1 amide bonds. The van der Waals surface area contributed by atoms with Crippen molar-refractivity contribution in [2.24, 2.45) is 17.1 Å². The number of hydrogen-bond acceptors (Lipinski definition) is 6. The summed E-state index contributed by atoms with van der Waals surface area (Å²) in [6, 6.07) is 23.6. The molecule has 7 heteroatoms. The zero-order chi connectivity index (χ0) is 26.8. The van der Waals surface area contributed by atoms with Crippen molar-refractivity contribution in [1.29, 1.82) is 15.8 Å². The van der Waals surface area contributed by atoms with Gasteiger partial charge in [-0.05, 0) is 27.7 Å². The molecular formula is C30H29N5O2. The van der Waals surface area contributed by atoms with Gasteiger partial charge >= 0.3 is 6.09 Å². The van der Waals surface area contributed by atoms with Crippen LogP contribution in [-0.4, -0.2) is 24.1 Å². The van der Waals surface area contributed by atoms with Crippen LogP contribution >= 0.6 is 0 Å². The number of hydrogen-bond donors (Lipinski definition) is 1. The van der Waals surface area contributed by atoms with Crippen LogP contribution in [-0.2, 0) is 16.8 Å². The Morgan fingerprint density at radius 2 is 1.73 bits per heavy atom. The van der Waals surface area contributed by atoms with Gasteiger partial charge in [-0.15, -0.1) is 0 Å². The van der Waals surface area contributed by atoms with Crippen molar-refractivity contribution in [3.8, 4) is 18.2 Å². The number of nitrogens with two attached hydrogens (primary N) is 1. The van der Waals surface area contributed by atoms with Crippen LogP contribution in [0.2, 0.25) is 0 Å².